The zero-order valence-electron chi connectivity index (χ0n) is 13.9. The van der Waals surface area contributed by atoms with Crippen LogP contribution < -0.4 is 15.5 Å². The number of thioether (sulfide) groups is 1. The summed E-state index contributed by atoms with van der Waals surface area (Å²) in [7, 11) is 1.60. The number of aromatic nitrogens is 1. The number of nitrogens with one attached hydrogen (secondary N) is 2. The first kappa shape index (κ1) is 16.0. The summed E-state index contributed by atoms with van der Waals surface area (Å²) in [5.41, 5.74) is 3.73. The molecular weight excluding hydrogens is 336 g/mol. The van der Waals surface area contributed by atoms with Crippen LogP contribution in [-0.2, 0) is 11.2 Å². The van der Waals surface area contributed by atoms with Gasteiger partial charge in [0.05, 0.1) is 17.4 Å². The van der Waals surface area contributed by atoms with Gasteiger partial charge >= 0.3 is 6.03 Å². The molecule has 1 aromatic carbocycles. The van der Waals surface area contributed by atoms with Gasteiger partial charge in [0.25, 0.3) is 0 Å². The van der Waals surface area contributed by atoms with Crippen molar-refractivity contribution >= 4 is 35.1 Å². The van der Waals surface area contributed by atoms with Crippen molar-refractivity contribution in [3.63, 3.8) is 0 Å². The van der Waals surface area contributed by atoms with Gasteiger partial charge in [-0.2, -0.15) is 0 Å². The van der Waals surface area contributed by atoms with Crippen LogP contribution in [0.2, 0.25) is 0 Å². The highest BCUT2D eigenvalue weighted by atomic mass is 32.2. The molecule has 0 saturated carbocycles. The van der Waals surface area contributed by atoms with E-state index >= 15 is 0 Å². The molecule has 2 aliphatic rings. The summed E-state index contributed by atoms with van der Waals surface area (Å²) < 4.78 is 0. The lowest BCUT2D eigenvalue weighted by Gasteiger charge is -2.34. The number of amides is 3. The van der Waals surface area contributed by atoms with Gasteiger partial charge in [-0.3, -0.25) is 9.69 Å². The van der Waals surface area contributed by atoms with Gasteiger partial charge in [0.2, 0.25) is 5.91 Å². The van der Waals surface area contributed by atoms with Crippen molar-refractivity contribution < 1.29 is 9.59 Å². The molecule has 2 N–H and O–H groups in total. The number of nitrogens with zero attached hydrogens (tertiary/aromatic N) is 2. The Labute approximate surface area is 150 Å². The number of benzene rings is 1. The normalized spacial score (nSPS) is 20.9. The van der Waals surface area contributed by atoms with E-state index in [0.29, 0.717) is 0 Å². The minimum absolute atomic E-state index is 0.111. The first-order valence-corrected chi connectivity index (χ1v) is 9.08. The molecule has 4 rings (SSSR count). The third-order valence-electron chi connectivity index (χ3n) is 4.61. The van der Waals surface area contributed by atoms with Crippen LogP contribution in [0.1, 0.15) is 24.1 Å². The van der Waals surface area contributed by atoms with Crippen LogP contribution in [0.25, 0.3) is 0 Å². The smallest absolute Gasteiger partial charge is 0.327 e. The molecule has 0 fully saturated rings. The van der Waals surface area contributed by atoms with Crippen LogP contribution in [0, 0.1) is 0 Å². The van der Waals surface area contributed by atoms with Crippen LogP contribution in [0.4, 0.5) is 16.2 Å². The lowest BCUT2D eigenvalue weighted by atomic mass is 10.00. The quantitative estimate of drug-likeness (QED) is 0.889. The van der Waals surface area contributed by atoms with E-state index in [4.69, 9.17) is 0 Å². The van der Waals surface area contributed by atoms with E-state index in [1.165, 1.54) is 17.3 Å². The highest BCUT2D eigenvalue weighted by Crippen LogP contribution is 2.50. The second-order valence-corrected chi connectivity index (χ2v) is 7.11. The molecule has 2 atom stereocenters. The maximum Gasteiger partial charge on any atom is 0.327 e. The molecule has 1 aromatic heterocycles. The van der Waals surface area contributed by atoms with Gasteiger partial charge in [-0.05, 0) is 30.2 Å². The van der Waals surface area contributed by atoms with Crippen LogP contribution >= 0.6 is 11.8 Å². The van der Waals surface area contributed by atoms with E-state index in [9.17, 15) is 9.59 Å². The first-order valence-electron chi connectivity index (χ1n) is 8.20. The fourth-order valence-electron chi connectivity index (χ4n) is 3.30. The molecule has 3 heterocycles. The van der Waals surface area contributed by atoms with Crippen molar-refractivity contribution in [3.05, 3.63) is 47.7 Å². The Balaban J connectivity index is 1.79. The highest BCUT2D eigenvalue weighted by molar-refractivity contribution is 8.01. The fourth-order valence-corrected chi connectivity index (χ4v) is 4.59. The van der Waals surface area contributed by atoms with Gasteiger partial charge in [0.15, 0.2) is 0 Å². The van der Waals surface area contributed by atoms with Crippen LogP contribution in [0.3, 0.4) is 0 Å². The van der Waals surface area contributed by atoms with Crippen molar-refractivity contribution in [1.29, 1.82) is 0 Å². The Kier molecular flexibility index (Phi) is 3.88. The Morgan fingerprint density at radius 3 is 2.76 bits per heavy atom. The predicted molar refractivity (Wildman–Crippen MR) is 97.2 cm³/mol. The molecule has 6 nitrogen and oxygen atoms in total. The van der Waals surface area contributed by atoms with Crippen molar-refractivity contribution in [2.75, 3.05) is 11.9 Å². The number of rotatable bonds is 3. The summed E-state index contributed by atoms with van der Waals surface area (Å²) in [6.07, 6.45) is 2.64. The van der Waals surface area contributed by atoms with Gasteiger partial charge in [0, 0.05) is 18.8 Å². The molecule has 128 valence electrons. The highest BCUT2D eigenvalue weighted by Gasteiger charge is 2.46. The number of urea groups is 1. The van der Waals surface area contributed by atoms with Crippen LogP contribution in [-0.4, -0.2) is 29.2 Å². The minimum Gasteiger partial charge on any atom is -0.358 e. The van der Waals surface area contributed by atoms with Gasteiger partial charge in [-0.1, -0.05) is 30.8 Å². The molecule has 0 spiro atoms. The van der Waals surface area contributed by atoms with Gasteiger partial charge < -0.3 is 10.6 Å². The van der Waals surface area contributed by atoms with Crippen LogP contribution in [0.5, 0.6) is 0 Å². The van der Waals surface area contributed by atoms with Gasteiger partial charge in [0.1, 0.15) is 10.3 Å². The number of carbonyl (C=O) groups excluding carboxylic acids is 2. The number of aryl methyl sites for hydroxylation is 1. The van der Waals surface area contributed by atoms with E-state index in [-0.39, 0.29) is 18.0 Å². The average Bonchev–Trinajstić information content (AvgIpc) is 3.01. The molecule has 25 heavy (non-hydrogen) atoms. The molecule has 0 bridgehead atoms. The number of anilines is 2. The first-order chi connectivity index (χ1) is 12.1. The lowest BCUT2D eigenvalue weighted by molar-refractivity contribution is -0.120. The van der Waals surface area contributed by atoms with Crippen molar-refractivity contribution in [1.82, 2.24) is 15.6 Å². The summed E-state index contributed by atoms with van der Waals surface area (Å²) in [5.74, 6) is -0.111. The van der Waals surface area contributed by atoms with E-state index in [0.717, 1.165) is 28.4 Å². The molecule has 0 saturated heterocycles. The van der Waals surface area contributed by atoms with E-state index in [1.54, 1.807) is 18.1 Å². The standard InChI is InChI=1S/C18H18N4O2S/c1-3-10-4-6-11(7-5-10)22-12-8-9-20-17-13(12)14(21-18(22)24)15(25-17)16(23)19-2/h4-9,14-15H,3H2,1-2H3,(H,19,23)(H,21,24). The van der Waals surface area contributed by atoms with Crippen molar-refractivity contribution in [3.8, 4) is 0 Å². The number of hydrogen-bond donors (Lipinski definition) is 2. The Bertz CT molecular complexity index is 853. The number of pyridine rings is 1. The molecule has 2 unspecified atom stereocenters. The largest absolute Gasteiger partial charge is 0.358 e. The zero-order valence-corrected chi connectivity index (χ0v) is 14.8. The maximum atomic E-state index is 12.8. The monoisotopic (exact) mass is 354 g/mol. The number of hydrogen-bond acceptors (Lipinski definition) is 4. The third-order valence-corrected chi connectivity index (χ3v) is 5.90. The van der Waals surface area contributed by atoms with Crippen molar-refractivity contribution in [2.45, 2.75) is 29.7 Å². The predicted octanol–water partition coefficient (Wildman–Crippen LogP) is 2.77. The molecule has 2 aliphatic heterocycles. The molecule has 0 radical (unpaired) electrons. The summed E-state index contributed by atoms with van der Waals surface area (Å²) in [4.78, 5) is 31.1. The van der Waals surface area contributed by atoms with Crippen LogP contribution in [0.15, 0.2) is 41.6 Å². The summed E-state index contributed by atoms with van der Waals surface area (Å²) in [6, 6.07) is 9.20. The lowest BCUT2D eigenvalue weighted by Crippen LogP contribution is -2.48. The molecule has 7 heteroatoms. The second-order valence-electron chi connectivity index (χ2n) is 5.98. The van der Waals surface area contributed by atoms with Gasteiger partial charge in [-0.25, -0.2) is 9.78 Å². The fraction of sp³-hybridized carbons (Fsp3) is 0.278. The summed E-state index contributed by atoms with van der Waals surface area (Å²) in [6.45, 7) is 2.10. The molecule has 2 aromatic rings. The molecular formula is C18H18N4O2S. The van der Waals surface area contributed by atoms with E-state index < -0.39 is 5.25 Å². The topological polar surface area (TPSA) is 74.3 Å². The SMILES string of the molecule is CCc1ccc(N2C(=O)NC3c4c2ccnc4SC3C(=O)NC)cc1. The Morgan fingerprint density at radius 2 is 2.08 bits per heavy atom. The Morgan fingerprint density at radius 1 is 1.32 bits per heavy atom. The van der Waals surface area contributed by atoms with E-state index in [2.05, 4.69) is 22.5 Å². The second kappa shape index (κ2) is 6.07. The maximum absolute atomic E-state index is 12.8. The zero-order chi connectivity index (χ0) is 17.6. The Hall–Kier alpha value is -2.54. The minimum atomic E-state index is -0.401. The third kappa shape index (κ3) is 2.46. The van der Waals surface area contributed by atoms with Gasteiger partial charge in [-0.15, -0.1) is 0 Å². The summed E-state index contributed by atoms with van der Waals surface area (Å²) >= 11 is 1.40. The van der Waals surface area contributed by atoms with Crippen molar-refractivity contribution in [2.24, 2.45) is 0 Å². The average molecular weight is 354 g/mol. The van der Waals surface area contributed by atoms with E-state index in [1.807, 2.05) is 30.3 Å². The summed E-state index contributed by atoms with van der Waals surface area (Å²) in [5, 5.41) is 6.05. The molecule has 3 amide bonds. The molecule has 0 aliphatic carbocycles. The number of carbonyl (C=O) groups is 2.